The maximum Gasteiger partial charge on any atom is 0.251 e. The maximum atomic E-state index is 12.5. The Hall–Kier alpha value is -2.24. The van der Waals surface area contributed by atoms with Crippen LogP contribution in [0.25, 0.3) is 0 Å². The van der Waals surface area contributed by atoms with Gasteiger partial charge in [-0.25, -0.2) is 13.1 Å². The molecule has 0 saturated heterocycles. The van der Waals surface area contributed by atoms with Gasteiger partial charge in [-0.15, -0.1) is 0 Å². The number of sulfonamides is 1. The number of amides is 1. The third-order valence-corrected chi connectivity index (χ3v) is 5.76. The van der Waals surface area contributed by atoms with Crippen LogP contribution in [-0.4, -0.2) is 48.8 Å². The zero-order chi connectivity index (χ0) is 20.2. The van der Waals surface area contributed by atoms with E-state index in [1.54, 1.807) is 25.5 Å². The second-order valence-corrected chi connectivity index (χ2v) is 8.22. The zero-order valence-electron chi connectivity index (χ0n) is 15.6. The summed E-state index contributed by atoms with van der Waals surface area (Å²) in [6.45, 7) is 3.75. The third kappa shape index (κ3) is 5.15. The van der Waals surface area contributed by atoms with Gasteiger partial charge < -0.3 is 14.6 Å². The molecule has 3 N–H and O–H groups in total. The molecule has 0 atom stereocenters. The first-order chi connectivity index (χ1) is 12.7. The minimum Gasteiger partial charge on any atom is -0.495 e. The van der Waals surface area contributed by atoms with Crippen LogP contribution in [0.15, 0.2) is 23.1 Å². The normalized spacial score (nSPS) is 11.6. The molecule has 0 radical (unpaired) electrons. The number of methoxy groups -OCH3 is 1. The van der Waals surface area contributed by atoms with Gasteiger partial charge in [0.1, 0.15) is 16.5 Å². The molecule has 1 amide bonds. The van der Waals surface area contributed by atoms with Crippen molar-refractivity contribution in [2.75, 3.05) is 13.7 Å². The first-order valence-electron chi connectivity index (χ1n) is 8.24. The highest BCUT2D eigenvalue weighted by Gasteiger charge is 2.22. The average Bonchev–Trinajstić information content (AvgIpc) is 2.92. The molecule has 1 aromatic heterocycles. The summed E-state index contributed by atoms with van der Waals surface area (Å²) in [6, 6.07) is 3.98. The predicted molar refractivity (Wildman–Crippen MR) is 103 cm³/mol. The number of ether oxygens (including phenoxy) is 1. The van der Waals surface area contributed by atoms with E-state index >= 15 is 0 Å². The molecule has 0 bridgehead atoms. The lowest BCUT2D eigenvalue weighted by Gasteiger charge is -2.14. The van der Waals surface area contributed by atoms with Crippen LogP contribution < -0.4 is 14.8 Å². The van der Waals surface area contributed by atoms with Crippen molar-refractivity contribution in [3.05, 3.63) is 34.4 Å². The highest BCUT2D eigenvalue weighted by Crippen LogP contribution is 2.25. The van der Waals surface area contributed by atoms with Crippen LogP contribution in [0.4, 0.5) is 0 Å². The lowest BCUT2D eigenvalue weighted by Crippen LogP contribution is -2.31. The second-order valence-electron chi connectivity index (χ2n) is 6.15. The summed E-state index contributed by atoms with van der Waals surface area (Å²) >= 11 is 5.04. The average molecular weight is 414 g/mol. The van der Waals surface area contributed by atoms with E-state index in [0.717, 1.165) is 0 Å². The van der Waals surface area contributed by atoms with E-state index in [1.807, 2.05) is 0 Å². The van der Waals surface area contributed by atoms with E-state index in [2.05, 4.69) is 20.2 Å². The number of nitrogens with one attached hydrogen (secondary N) is 3. The van der Waals surface area contributed by atoms with E-state index in [-0.39, 0.29) is 22.3 Å². The fraction of sp³-hybridized carbons (Fsp3) is 0.438. The number of hydrogen-bond donors (Lipinski definition) is 3. The van der Waals surface area contributed by atoms with Crippen molar-refractivity contribution < 1.29 is 17.9 Å². The smallest absolute Gasteiger partial charge is 0.251 e. The minimum atomic E-state index is -3.81. The van der Waals surface area contributed by atoms with Gasteiger partial charge in [-0.1, -0.05) is 0 Å². The molecule has 1 aromatic carbocycles. The molecule has 27 heavy (non-hydrogen) atoms. The number of rotatable bonds is 8. The number of aromatic amines is 1. The number of benzene rings is 1. The van der Waals surface area contributed by atoms with Crippen molar-refractivity contribution in [3.63, 3.8) is 0 Å². The summed E-state index contributed by atoms with van der Waals surface area (Å²) in [4.78, 5) is 12.3. The molecule has 0 aliphatic heterocycles. The topological polar surface area (TPSA) is 118 Å². The van der Waals surface area contributed by atoms with Crippen molar-refractivity contribution in [1.82, 2.24) is 24.8 Å². The van der Waals surface area contributed by atoms with Gasteiger partial charge in [0.15, 0.2) is 4.77 Å². The fourth-order valence-electron chi connectivity index (χ4n) is 2.39. The Labute approximate surface area is 163 Å². The Morgan fingerprint density at radius 1 is 1.41 bits per heavy atom. The standard InChI is InChI=1S/C16H23N5O4S2/c1-10(2)20-27(23,24)13-9-11(5-6-12(13)25-4)15(22)17-8-7-14-18-19-16(26)21(14)3/h5-6,9-10,20H,7-8H2,1-4H3,(H,17,22)(H,19,26). The maximum absolute atomic E-state index is 12.5. The molecule has 148 valence electrons. The van der Waals surface area contributed by atoms with E-state index in [0.29, 0.717) is 23.6 Å². The van der Waals surface area contributed by atoms with Crippen molar-refractivity contribution in [3.8, 4) is 5.75 Å². The first kappa shape index (κ1) is 21.1. The van der Waals surface area contributed by atoms with Crippen LogP contribution >= 0.6 is 12.2 Å². The van der Waals surface area contributed by atoms with Crippen LogP contribution in [0, 0.1) is 4.77 Å². The van der Waals surface area contributed by atoms with Gasteiger partial charge >= 0.3 is 0 Å². The van der Waals surface area contributed by atoms with Crippen LogP contribution in [0.2, 0.25) is 0 Å². The molecule has 0 fully saturated rings. The summed E-state index contributed by atoms with van der Waals surface area (Å²) in [6.07, 6.45) is 0.478. The lowest BCUT2D eigenvalue weighted by molar-refractivity contribution is 0.0953. The first-order valence-corrected chi connectivity index (χ1v) is 10.1. The summed E-state index contributed by atoms with van der Waals surface area (Å²) in [7, 11) is -0.650. The molecule has 0 aliphatic rings. The quantitative estimate of drug-likeness (QED) is 0.559. The van der Waals surface area contributed by atoms with E-state index in [9.17, 15) is 13.2 Å². The van der Waals surface area contributed by atoms with Crippen LogP contribution in [0.1, 0.15) is 30.0 Å². The van der Waals surface area contributed by atoms with E-state index in [4.69, 9.17) is 17.0 Å². The van der Waals surface area contributed by atoms with Gasteiger partial charge in [0, 0.05) is 31.6 Å². The molecule has 2 aromatic rings. The molecule has 1 heterocycles. The monoisotopic (exact) mass is 413 g/mol. The predicted octanol–water partition coefficient (Wildman–Crippen LogP) is 1.15. The molecule has 9 nitrogen and oxygen atoms in total. The van der Waals surface area contributed by atoms with E-state index in [1.165, 1.54) is 25.3 Å². The molecular weight excluding hydrogens is 390 g/mol. The number of carbonyl (C=O) groups is 1. The van der Waals surface area contributed by atoms with Crippen molar-refractivity contribution in [2.24, 2.45) is 7.05 Å². The number of aromatic nitrogens is 3. The highest BCUT2D eigenvalue weighted by atomic mass is 32.2. The van der Waals surface area contributed by atoms with Crippen LogP contribution in [0.5, 0.6) is 5.75 Å². The molecule has 2 rings (SSSR count). The number of hydrogen-bond acceptors (Lipinski definition) is 6. The SMILES string of the molecule is COc1ccc(C(=O)NCCc2n[nH]c(=S)n2C)cc1S(=O)(=O)NC(C)C. The Morgan fingerprint density at radius 2 is 2.11 bits per heavy atom. The summed E-state index contributed by atoms with van der Waals surface area (Å²) in [5, 5.41) is 9.49. The van der Waals surface area contributed by atoms with Gasteiger partial charge in [-0.3, -0.25) is 9.89 Å². The fourth-order valence-corrected chi connectivity index (χ4v) is 3.99. The van der Waals surface area contributed by atoms with Gasteiger partial charge in [0.25, 0.3) is 5.91 Å². The molecule has 0 aliphatic carbocycles. The molecule has 0 unspecified atom stereocenters. The van der Waals surface area contributed by atoms with Crippen LogP contribution in [0.3, 0.4) is 0 Å². The van der Waals surface area contributed by atoms with Gasteiger partial charge in [0.2, 0.25) is 10.0 Å². The number of H-pyrrole nitrogens is 1. The summed E-state index contributed by atoms with van der Waals surface area (Å²) in [5.41, 5.74) is 0.218. The summed E-state index contributed by atoms with van der Waals surface area (Å²) < 4.78 is 34.8. The largest absolute Gasteiger partial charge is 0.495 e. The van der Waals surface area contributed by atoms with Crippen molar-refractivity contribution in [2.45, 2.75) is 31.2 Å². The lowest BCUT2D eigenvalue weighted by atomic mass is 10.2. The summed E-state index contributed by atoms with van der Waals surface area (Å²) in [5.74, 6) is 0.482. The number of nitrogens with zero attached hydrogens (tertiary/aromatic N) is 2. The highest BCUT2D eigenvalue weighted by molar-refractivity contribution is 7.89. The Kier molecular flexibility index (Phi) is 6.73. The molecule has 0 saturated carbocycles. The molecule has 11 heteroatoms. The van der Waals surface area contributed by atoms with Gasteiger partial charge in [-0.05, 0) is 44.3 Å². The zero-order valence-corrected chi connectivity index (χ0v) is 17.2. The number of carbonyl (C=O) groups excluding carboxylic acids is 1. The van der Waals surface area contributed by atoms with Crippen molar-refractivity contribution >= 4 is 28.1 Å². The van der Waals surface area contributed by atoms with Gasteiger partial charge in [-0.2, -0.15) is 5.10 Å². The second kappa shape index (κ2) is 8.63. The third-order valence-electron chi connectivity index (χ3n) is 3.71. The Bertz CT molecular complexity index is 979. The van der Waals surface area contributed by atoms with E-state index < -0.39 is 15.9 Å². The van der Waals surface area contributed by atoms with Crippen molar-refractivity contribution in [1.29, 1.82) is 0 Å². The minimum absolute atomic E-state index is 0.0826. The van der Waals surface area contributed by atoms with Crippen LogP contribution in [-0.2, 0) is 23.5 Å². The molecule has 0 spiro atoms. The molecular formula is C16H23N5O4S2. The van der Waals surface area contributed by atoms with Gasteiger partial charge in [0.05, 0.1) is 7.11 Å². The Balaban J connectivity index is 2.15. The Morgan fingerprint density at radius 3 is 2.67 bits per heavy atom.